The van der Waals surface area contributed by atoms with Crippen molar-refractivity contribution in [3.8, 4) is 0 Å². The van der Waals surface area contributed by atoms with Gasteiger partial charge in [-0.25, -0.2) is 0 Å². The second-order valence-corrected chi connectivity index (χ2v) is 9.20. The molecule has 1 N–H and O–H groups in total. The van der Waals surface area contributed by atoms with Crippen LogP contribution in [0.25, 0.3) is 0 Å². The average molecular weight is 316 g/mol. The van der Waals surface area contributed by atoms with E-state index in [1.165, 1.54) is 5.57 Å². The third-order valence-corrected chi connectivity index (χ3v) is 8.39. The molecule has 1 spiro atoms. The van der Waals surface area contributed by atoms with E-state index in [1.807, 2.05) is 6.92 Å². The Bertz CT molecular complexity index is 608. The number of rotatable bonds is 1. The molecule has 3 nitrogen and oxygen atoms in total. The maximum atomic E-state index is 12.9. The van der Waals surface area contributed by atoms with Crippen LogP contribution in [-0.4, -0.2) is 23.3 Å². The molecule has 0 aromatic rings. The van der Waals surface area contributed by atoms with Gasteiger partial charge in [0.25, 0.3) is 0 Å². The van der Waals surface area contributed by atoms with Crippen LogP contribution < -0.4 is 0 Å². The Kier molecular flexibility index (Phi) is 3.09. The molecule has 3 heteroatoms. The number of fused-ring (bicyclic) bond motifs is 3. The summed E-state index contributed by atoms with van der Waals surface area (Å²) in [6.07, 6.45) is 5.82. The van der Waals surface area contributed by atoms with E-state index in [9.17, 15) is 14.7 Å². The molecular formula is C20H28O3. The van der Waals surface area contributed by atoms with Crippen molar-refractivity contribution in [3.05, 3.63) is 12.2 Å². The smallest absolute Gasteiger partial charge is 0.141 e. The maximum Gasteiger partial charge on any atom is 0.141 e. The lowest BCUT2D eigenvalue weighted by Crippen LogP contribution is -2.64. The first-order chi connectivity index (χ1) is 10.8. The van der Waals surface area contributed by atoms with Crippen molar-refractivity contribution >= 4 is 11.6 Å². The summed E-state index contributed by atoms with van der Waals surface area (Å²) in [7, 11) is 0. The third-order valence-electron chi connectivity index (χ3n) is 8.39. The van der Waals surface area contributed by atoms with E-state index in [0.29, 0.717) is 30.5 Å². The van der Waals surface area contributed by atoms with Gasteiger partial charge in [-0.2, -0.15) is 0 Å². The van der Waals surface area contributed by atoms with Gasteiger partial charge in [0, 0.05) is 18.3 Å². The van der Waals surface area contributed by atoms with E-state index in [-0.39, 0.29) is 29.1 Å². The largest absolute Gasteiger partial charge is 0.395 e. The summed E-state index contributed by atoms with van der Waals surface area (Å²) in [5, 5.41) is 9.99. The zero-order valence-corrected chi connectivity index (χ0v) is 14.4. The van der Waals surface area contributed by atoms with E-state index < -0.39 is 5.41 Å². The maximum absolute atomic E-state index is 12.9. The number of aliphatic hydroxyl groups is 1. The topological polar surface area (TPSA) is 54.4 Å². The number of allylic oxidation sites excluding steroid dienone is 1. The number of aliphatic hydroxyl groups excluding tert-OH is 1. The van der Waals surface area contributed by atoms with Gasteiger partial charge in [-0.3, -0.25) is 9.59 Å². The van der Waals surface area contributed by atoms with Crippen LogP contribution in [0, 0.1) is 34.0 Å². The number of hydrogen-bond donors (Lipinski definition) is 1. The SMILES string of the molecule is C=C1C[C@]23CC[C@@H]4[C@](C)(CCC(=O)[C@@]4(C)CO)[C@H]2C[C@H]1CC3=O. The van der Waals surface area contributed by atoms with Crippen molar-refractivity contribution < 1.29 is 14.7 Å². The predicted molar refractivity (Wildman–Crippen MR) is 87.7 cm³/mol. The summed E-state index contributed by atoms with van der Waals surface area (Å²) in [5.74, 6) is 1.59. The van der Waals surface area contributed by atoms with Gasteiger partial charge in [-0.15, -0.1) is 0 Å². The summed E-state index contributed by atoms with van der Waals surface area (Å²) >= 11 is 0. The standard InChI is InChI=1S/C20H28O3/c1-12-10-20-7-4-14-18(2,6-5-16(22)19(14,3)11-21)15(20)8-13(12)9-17(20)23/h13-15,21H,1,4-11H2,2-3H3/t13-,14+,15+,18-,19-,20+/m0/s1. The normalized spacial score (nSPS) is 52.3. The van der Waals surface area contributed by atoms with Gasteiger partial charge in [-0.1, -0.05) is 26.0 Å². The molecule has 5 fully saturated rings. The zero-order valence-electron chi connectivity index (χ0n) is 14.4. The van der Waals surface area contributed by atoms with E-state index in [2.05, 4.69) is 13.5 Å². The van der Waals surface area contributed by atoms with Crippen molar-refractivity contribution in [1.82, 2.24) is 0 Å². The summed E-state index contributed by atoms with van der Waals surface area (Å²) in [5.41, 5.74) is 0.442. The lowest BCUT2D eigenvalue weighted by molar-refractivity contribution is -0.187. The van der Waals surface area contributed by atoms with Gasteiger partial charge in [0.1, 0.15) is 11.6 Å². The highest BCUT2D eigenvalue weighted by molar-refractivity contribution is 5.89. The van der Waals surface area contributed by atoms with Crippen molar-refractivity contribution in [1.29, 1.82) is 0 Å². The highest BCUT2D eigenvalue weighted by Gasteiger charge is 2.67. The molecule has 2 bridgehead atoms. The Labute approximate surface area is 138 Å². The van der Waals surface area contributed by atoms with Crippen molar-refractivity contribution in [2.75, 3.05) is 6.61 Å². The Hall–Kier alpha value is -0.960. The van der Waals surface area contributed by atoms with Crippen LogP contribution in [0.3, 0.4) is 0 Å². The first kappa shape index (κ1) is 15.6. The molecule has 0 heterocycles. The minimum atomic E-state index is -0.620. The van der Waals surface area contributed by atoms with Crippen LogP contribution in [0.15, 0.2) is 12.2 Å². The molecule has 0 aliphatic heterocycles. The molecule has 6 atom stereocenters. The van der Waals surface area contributed by atoms with Gasteiger partial charge >= 0.3 is 0 Å². The molecule has 0 aromatic heterocycles. The minimum Gasteiger partial charge on any atom is -0.395 e. The van der Waals surface area contributed by atoms with E-state index in [0.717, 1.165) is 32.1 Å². The molecule has 126 valence electrons. The molecule has 0 saturated heterocycles. The fourth-order valence-corrected chi connectivity index (χ4v) is 7.03. The Morgan fingerprint density at radius 1 is 1.17 bits per heavy atom. The summed E-state index contributed by atoms with van der Waals surface area (Å²) in [6, 6.07) is 0. The number of hydrogen-bond acceptors (Lipinski definition) is 3. The van der Waals surface area contributed by atoms with Crippen molar-refractivity contribution in [2.45, 2.75) is 58.8 Å². The molecule has 23 heavy (non-hydrogen) atoms. The predicted octanol–water partition coefficient (Wildman–Crippen LogP) is 3.31. The van der Waals surface area contributed by atoms with Crippen LogP contribution in [0.1, 0.15) is 58.8 Å². The van der Waals surface area contributed by atoms with Gasteiger partial charge in [0.15, 0.2) is 0 Å². The fourth-order valence-electron chi connectivity index (χ4n) is 7.03. The lowest BCUT2D eigenvalue weighted by Gasteiger charge is -2.66. The highest BCUT2D eigenvalue weighted by Crippen LogP contribution is 2.70. The zero-order chi connectivity index (χ0) is 16.6. The van der Waals surface area contributed by atoms with Crippen LogP contribution in [-0.2, 0) is 9.59 Å². The molecule has 0 aromatic carbocycles. The summed E-state index contributed by atoms with van der Waals surface area (Å²) in [6.45, 7) is 8.46. The van der Waals surface area contributed by atoms with Crippen LogP contribution in [0.5, 0.6) is 0 Å². The average Bonchev–Trinajstić information content (AvgIpc) is 2.52. The molecule has 0 amide bonds. The number of Topliss-reactive ketones (excluding diaryl/α,β-unsaturated/α-hetero) is 2. The molecule has 5 aliphatic carbocycles. The molecule has 5 rings (SSSR count). The fraction of sp³-hybridized carbons (Fsp3) is 0.800. The second kappa shape index (κ2) is 4.56. The molecule has 5 saturated carbocycles. The summed E-state index contributed by atoms with van der Waals surface area (Å²) in [4.78, 5) is 25.4. The second-order valence-electron chi connectivity index (χ2n) is 9.20. The van der Waals surface area contributed by atoms with Crippen LogP contribution in [0.4, 0.5) is 0 Å². The highest BCUT2D eigenvalue weighted by atomic mass is 16.3. The van der Waals surface area contributed by atoms with E-state index >= 15 is 0 Å². The molecular weight excluding hydrogens is 288 g/mol. The quantitative estimate of drug-likeness (QED) is 0.755. The summed E-state index contributed by atoms with van der Waals surface area (Å²) < 4.78 is 0. The Balaban J connectivity index is 1.80. The number of ketones is 2. The van der Waals surface area contributed by atoms with Crippen molar-refractivity contribution in [2.24, 2.45) is 34.0 Å². The van der Waals surface area contributed by atoms with Crippen LogP contribution >= 0.6 is 0 Å². The third kappa shape index (κ3) is 1.70. The van der Waals surface area contributed by atoms with Gasteiger partial charge in [0.2, 0.25) is 0 Å². The van der Waals surface area contributed by atoms with Gasteiger partial charge < -0.3 is 5.11 Å². The van der Waals surface area contributed by atoms with Gasteiger partial charge in [-0.05, 0) is 55.3 Å². The molecule has 0 unspecified atom stereocenters. The van der Waals surface area contributed by atoms with Crippen LogP contribution in [0.2, 0.25) is 0 Å². The first-order valence-electron chi connectivity index (χ1n) is 9.13. The Morgan fingerprint density at radius 2 is 1.91 bits per heavy atom. The molecule has 0 radical (unpaired) electrons. The Morgan fingerprint density at radius 3 is 2.61 bits per heavy atom. The minimum absolute atomic E-state index is 0.00132. The van der Waals surface area contributed by atoms with E-state index in [4.69, 9.17) is 0 Å². The molecule has 5 aliphatic rings. The lowest BCUT2D eigenvalue weighted by atomic mass is 9.36. The van der Waals surface area contributed by atoms with E-state index in [1.54, 1.807) is 0 Å². The number of carbonyl (C=O) groups is 2. The monoisotopic (exact) mass is 316 g/mol. The van der Waals surface area contributed by atoms with Crippen molar-refractivity contribution in [3.63, 3.8) is 0 Å². The van der Waals surface area contributed by atoms with Gasteiger partial charge in [0.05, 0.1) is 12.0 Å². The number of carbonyl (C=O) groups excluding carboxylic acids is 2. The first-order valence-corrected chi connectivity index (χ1v) is 9.13.